The number of ether oxygens (including phenoxy) is 1. The molecule has 0 radical (unpaired) electrons. The molecule has 3 rings (SSSR count). The van der Waals surface area contributed by atoms with Crippen molar-refractivity contribution in [1.82, 2.24) is 15.1 Å². The summed E-state index contributed by atoms with van der Waals surface area (Å²) >= 11 is 0. The van der Waals surface area contributed by atoms with Gasteiger partial charge in [0, 0.05) is 31.1 Å². The topological polar surface area (TPSA) is 44.8 Å². The molecular formula is C23H36FN3O2. The van der Waals surface area contributed by atoms with Crippen LogP contribution < -0.4 is 10.1 Å². The molecule has 2 aliphatic heterocycles. The van der Waals surface area contributed by atoms with E-state index in [1.165, 1.54) is 18.9 Å². The second kappa shape index (κ2) is 10.9. The molecular weight excluding hydrogens is 369 g/mol. The second-order valence-corrected chi connectivity index (χ2v) is 8.44. The van der Waals surface area contributed by atoms with Crippen LogP contribution in [0.1, 0.15) is 51.0 Å². The fraction of sp³-hybridized carbons (Fsp3) is 0.696. The number of benzene rings is 1. The van der Waals surface area contributed by atoms with Crippen LogP contribution in [-0.4, -0.2) is 61.6 Å². The molecule has 1 aromatic carbocycles. The molecule has 6 heteroatoms. The highest BCUT2D eigenvalue weighted by Gasteiger charge is 2.24. The smallest absolute Gasteiger partial charge is 0.220 e. The molecule has 0 bridgehead atoms. The molecule has 1 aromatic rings. The summed E-state index contributed by atoms with van der Waals surface area (Å²) in [5.41, 5.74) is 0.690. The monoisotopic (exact) mass is 405 g/mol. The zero-order chi connectivity index (χ0) is 20.6. The SMILES string of the molecule is CCN1CCC[C@@H]1CNC(=O)CCC1CCN(Cc2cc(OC)ccc2F)CC1. The molecule has 1 N–H and O–H groups in total. The number of methoxy groups -OCH3 is 1. The largest absolute Gasteiger partial charge is 0.497 e. The molecule has 0 saturated carbocycles. The molecule has 2 saturated heterocycles. The van der Waals surface area contributed by atoms with Gasteiger partial charge in [0.1, 0.15) is 11.6 Å². The van der Waals surface area contributed by atoms with Crippen molar-refractivity contribution < 1.29 is 13.9 Å². The summed E-state index contributed by atoms with van der Waals surface area (Å²) in [6.45, 7) is 7.74. The van der Waals surface area contributed by atoms with Crippen LogP contribution in [0.25, 0.3) is 0 Å². The zero-order valence-electron chi connectivity index (χ0n) is 18.0. The Morgan fingerprint density at radius 1 is 1.24 bits per heavy atom. The molecule has 5 nitrogen and oxygen atoms in total. The van der Waals surface area contributed by atoms with E-state index in [-0.39, 0.29) is 11.7 Å². The molecule has 1 amide bonds. The van der Waals surface area contributed by atoms with E-state index in [9.17, 15) is 9.18 Å². The number of nitrogens with zero attached hydrogens (tertiary/aromatic N) is 2. The van der Waals surface area contributed by atoms with Gasteiger partial charge in [0.05, 0.1) is 7.11 Å². The van der Waals surface area contributed by atoms with E-state index in [0.29, 0.717) is 36.2 Å². The Bertz CT molecular complexity index is 662. The molecule has 0 aromatic heterocycles. The standard InChI is InChI=1S/C23H36FN3O2/c1-3-27-12-4-5-20(27)16-25-23(28)9-6-18-10-13-26(14-11-18)17-19-15-21(29-2)7-8-22(19)24/h7-8,15,18,20H,3-6,9-14,16-17H2,1-2H3,(H,25,28)/t20-/m1/s1. The lowest BCUT2D eigenvalue weighted by molar-refractivity contribution is -0.121. The lowest BCUT2D eigenvalue weighted by Crippen LogP contribution is -2.40. The molecule has 1 atom stereocenters. The third-order valence-corrected chi connectivity index (χ3v) is 6.57. The molecule has 29 heavy (non-hydrogen) atoms. The first-order valence-corrected chi connectivity index (χ1v) is 11.1. The Hall–Kier alpha value is -1.66. The number of carbonyl (C=O) groups excluding carboxylic acids is 1. The fourth-order valence-electron chi connectivity index (χ4n) is 4.67. The lowest BCUT2D eigenvalue weighted by Gasteiger charge is -2.32. The van der Waals surface area contributed by atoms with Gasteiger partial charge in [-0.05, 0) is 82.4 Å². The number of carbonyl (C=O) groups is 1. The normalized spacial score (nSPS) is 21.4. The van der Waals surface area contributed by atoms with Crippen molar-refractivity contribution in [2.24, 2.45) is 5.92 Å². The van der Waals surface area contributed by atoms with Gasteiger partial charge in [-0.15, -0.1) is 0 Å². The number of amides is 1. The van der Waals surface area contributed by atoms with Crippen LogP contribution in [0.2, 0.25) is 0 Å². The first-order valence-electron chi connectivity index (χ1n) is 11.1. The molecule has 0 spiro atoms. The first kappa shape index (κ1) is 22.0. The predicted molar refractivity (Wildman–Crippen MR) is 113 cm³/mol. The Balaban J connectivity index is 1.34. The number of hydrogen-bond donors (Lipinski definition) is 1. The van der Waals surface area contributed by atoms with Crippen LogP contribution in [0.15, 0.2) is 18.2 Å². The summed E-state index contributed by atoms with van der Waals surface area (Å²) in [6.07, 6.45) is 6.16. The van der Waals surface area contributed by atoms with Crippen molar-refractivity contribution in [2.45, 2.75) is 58.0 Å². The number of likely N-dealkylation sites (tertiary alicyclic amines) is 2. The minimum Gasteiger partial charge on any atom is -0.497 e. The van der Waals surface area contributed by atoms with E-state index in [0.717, 1.165) is 52.0 Å². The van der Waals surface area contributed by atoms with Crippen molar-refractivity contribution >= 4 is 5.91 Å². The summed E-state index contributed by atoms with van der Waals surface area (Å²) in [5.74, 6) is 1.30. The van der Waals surface area contributed by atoms with Gasteiger partial charge in [-0.3, -0.25) is 14.6 Å². The van der Waals surface area contributed by atoms with E-state index in [2.05, 4.69) is 22.0 Å². The van der Waals surface area contributed by atoms with Crippen molar-refractivity contribution in [3.63, 3.8) is 0 Å². The molecule has 0 unspecified atom stereocenters. The third kappa shape index (κ3) is 6.41. The molecule has 2 fully saturated rings. The average Bonchev–Trinajstić information content (AvgIpc) is 3.21. The summed E-state index contributed by atoms with van der Waals surface area (Å²) in [7, 11) is 1.60. The van der Waals surface area contributed by atoms with Crippen LogP contribution in [-0.2, 0) is 11.3 Å². The number of halogens is 1. The van der Waals surface area contributed by atoms with E-state index >= 15 is 0 Å². The van der Waals surface area contributed by atoms with Gasteiger partial charge < -0.3 is 10.1 Å². The number of piperidine rings is 1. The van der Waals surface area contributed by atoms with Crippen LogP contribution in [0, 0.1) is 11.7 Å². The van der Waals surface area contributed by atoms with Gasteiger partial charge in [0.15, 0.2) is 0 Å². The summed E-state index contributed by atoms with van der Waals surface area (Å²) in [6, 6.07) is 5.44. The van der Waals surface area contributed by atoms with E-state index in [1.807, 2.05) is 0 Å². The van der Waals surface area contributed by atoms with Crippen molar-refractivity contribution in [2.75, 3.05) is 39.8 Å². The van der Waals surface area contributed by atoms with Crippen LogP contribution in [0.4, 0.5) is 4.39 Å². The Labute approximate surface area is 174 Å². The summed E-state index contributed by atoms with van der Waals surface area (Å²) in [4.78, 5) is 17.0. The maximum absolute atomic E-state index is 14.0. The summed E-state index contributed by atoms with van der Waals surface area (Å²) in [5, 5.41) is 3.14. The minimum atomic E-state index is -0.173. The van der Waals surface area contributed by atoms with Crippen molar-refractivity contribution in [1.29, 1.82) is 0 Å². The maximum Gasteiger partial charge on any atom is 0.220 e. The predicted octanol–water partition coefficient (Wildman–Crippen LogP) is 3.43. The van der Waals surface area contributed by atoms with Crippen molar-refractivity contribution in [3.8, 4) is 5.75 Å². The fourth-order valence-corrected chi connectivity index (χ4v) is 4.67. The first-order chi connectivity index (χ1) is 14.1. The average molecular weight is 406 g/mol. The van der Waals surface area contributed by atoms with Gasteiger partial charge in [0.25, 0.3) is 0 Å². The van der Waals surface area contributed by atoms with Crippen molar-refractivity contribution in [3.05, 3.63) is 29.6 Å². The van der Waals surface area contributed by atoms with E-state index in [1.54, 1.807) is 19.2 Å². The third-order valence-electron chi connectivity index (χ3n) is 6.57. The highest BCUT2D eigenvalue weighted by Crippen LogP contribution is 2.25. The quantitative estimate of drug-likeness (QED) is 0.684. The molecule has 2 aliphatic rings. The van der Waals surface area contributed by atoms with E-state index < -0.39 is 0 Å². The van der Waals surface area contributed by atoms with Crippen LogP contribution >= 0.6 is 0 Å². The maximum atomic E-state index is 14.0. The highest BCUT2D eigenvalue weighted by atomic mass is 19.1. The van der Waals surface area contributed by atoms with Crippen LogP contribution in [0.3, 0.4) is 0 Å². The molecule has 162 valence electrons. The van der Waals surface area contributed by atoms with Gasteiger partial charge in [0.2, 0.25) is 5.91 Å². The van der Waals surface area contributed by atoms with Gasteiger partial charge >= 0.3 is 0 Å². The lowest BCUT2D eigenvalue weighted by atomic mass is 9.92. The van der Waals surface area contributed by atoms with Crippen LogP contribution in [0.5, 0.6) is 5.75 Å². The molecule has 0 aliphatic carbocycles. The number of rotatable bonds is 9. The zero-order valence-corrected chi connectivity index (χ0v) is 18.0. The Morgan fingerprint density at radius 2 is 2.03 bits per heavy atom. The van der Waals surface area contributed by atoms with Gasteiger partial charge in [-0.2, -0.15) is 0 Å². The van der Waals surface area contributed by atoms with E-state index in [4.69, 9.17) is 4.74 Å². The van der Waals surface area contributed by atoms with Gasteiger partial charge in [-0.1, -0.05) is 6.92 Å². The number of nitrogens with one attached hydrogen (secondary N) is 1. The van der Waals surface area contributed by atoms with Gasteiger partial charge in [-0.25, -0.2) is 4.39 Å². The number of likely N-dealkylation sites (N-methyl/N-ethyl adjacent to an activating group) is 1. The second-order valence-electron chi connectivity index (χ2n) is 8.44. The Kier molecular flexibility index (Phi) is 8.30. The highest BCUT2D eigenvalue weighted by molar-refractivity contribution is 5.75. The minimum absolute atomic E-state index is 0.173. The Morgan fingerprint density at radius 3 is 2.76 bits per heavy atom. The number of hydrogen-bond acceptors (Lipinski definition) is 4. The molecule has 2 heterocycles. The summed E-state index contributed by atoms with van der Waals surface area (Å²) < 4.78 is 19.3.